The maximum Gasteiger partial charge on any atom is 0.223 e. The molecule has 0 bridgehead atoms. The van der Waals surface area contributed by atoms with Crippen molar-refractivity contribution in [2.45, 2.75) is 38.1 Å². The van der Waals surface area contributed by atoms with Crippen LogP contribution in [0.15, 0.2) is 6.33 Å². The van der Waals surface area contributed by atoms with Crippen LogP contribution in [0, 0.1) is 0 Å². The summed E-state index contributed by atoms with van der Waals surface area (Å²) in [5.41, 5.74) is 2.08. The molecule has 2 heterocycles. The number of nitrogens with zero attached hydrogens (tertiary/aromatic N) is 3. The lowest BCUT2D eigenvalue weighted by atomic mass is 10.1. The Hall–Kier alpha value is -1.70. The van der Waals surface area contributed by atoms with Gasteiger partial charge < -0.3 is 10.2 Å². The van der Waals surface area contributed by atoms with E-state index < -0.39 is 9.84 Å². The van der Waals surface area contributed by atoms with E-state index in [2.05, 4.69) is 15.3 Å². The molecule has 23 heavy (non-hydrogen) atoms. The van der Waals surface area contributed by atoms with Gasteiger partial charge in [-0.3, -0.25) is 4.79 Å². The molecular formula is C15H22N4O3S. The summed E-state index contributed by atoms with van der Waals surface area (Å²) in [5.74, 6) is 0.694. The van der Waals surface area contributed by atoms with E-state index in [1.54, 1.807) is 11.2 Å². The van der Waals surface area contributed by atoms with Crippen molar-refractivity contribution in [1.82, 2.24) is 14.9 Å². The van der Waals surface area contributed by atoms with E-state index in [1.807, 2.05) is 0 Å². The molecule has 0 unspecified atom stereocenters. The Bertz CT molecular complexity index is 701. The SMILES string of the molecule is CS(=O)(=O)CCC(=O)N1CCc2ncnc(NC3CC3)c2CC1. The van der Waals surface area contributed by atoms with Gasteiger partial charge in [0.2, 0.25) is 5.91 Å². The number of fused-ring (bicyclic) bond motifs is 1. The van der Waals surface area contributed by atoms with Crippen LogP contribution in [0.5, 0.6) is 0 Å². The molecule has 1 aromatic rings. The van der Waals surface area contributed by atoms with Gasteiger partial charge in [0.15, 0.2) is 0 Å². The summed E-state index contributed by atoms with van der Waals surface area (Å²) in [6.07, 6.45) is 6.52. The Morgan fingerprint density at radius 3 is 2.74 bits per heavy atom. The Morgan fingerprint density at radius 2 is 2.04 bits per heavy atom. The Labute approximate surface area is 136 Å². The van der Waals surface area contributed by atoms with Gasteiger partial charge in [0, 0.05) is 43.8 Å². The largest absolute Gasteiger partial charge is 0.367 e. The van der Waals surface area contributed by atoms with Crippen molar-refractivity contribution in [2.75, 3.05) is 30.4 Å². The standard InChI is InChI=1S/C15H22N4O3S/c1-23(21,22)9-6-14(20)19-7-4-12-13(5-8-19)16-10-17-15(12)18-11-2-3-11/h10-11H,2-9H2,1H3,(H,16,17,18). The molecule has 0 radical (unpaired) electrons. The highest BCUT2D eigenvalue weighted by atomic mass is 32.2. The van der Waals surface area contributed by atoms with Gasteiger partial charge in [-0.2, -0.15) is 0 Å². The third-order valence-corrected chi connectivity index (χ3v) is 5.19. The van der Waals surface area contributed by atoms with Crippen LogP contribution in [-0.2, 0) is 27.5 Å². The average molecular weight is 338 g/mol. The van der Waals surface area contributed by atoms with Gasteiger partial charge in [-0.05, 0) is 19.3 Å². The van der Waals surface area contributed by atoms with E-state index in [0.29, 0.717) is 32.0 Å². The maximum atomic E-state index is 12.2. The molecule has 1 amide bonds. The molecule has 1 N–H and O–H groups in total. The van der Waals surface area contributed by atoms with Crippen molar-refractivity contribution < 1.29 is 13.2 Å². The van der Waals surface area contributed by atoms with Crippen molar-refractivity contribution >= 4 is 21.6 Å². The lowest BCUT2D eigenvalue weighted by Crippen LogP contribution is -2.34. The highest BCUT2D eigenvalue weighted by molar-refractivity contribution is 7.90. The van der Waals surface area contributed by atoms with Crippen LogP contribution in [0.1, 0.15) is 30.5 Å². The number of hydrogen-bond acceptors (Lipinski definition) is 6. The molecule has 3 rings (SSSR count). The summed E-state index contributed by atoms with van der Waals surface area (Å²) in [7, 11) is -3.11. The van der Waals surface area contributed by atoms with Crippen molar-refractivity contribution in [3.63, 3.8) is 0 Å². The molecule has 1 aromatic heterocycles. The highest BCUT2D eigenvalue weighted by Crippen LogP contribution is 2.27. The van der Waals surface area contributed by atoms with Crippen molar-refractivity contribution in [1.29, 1.82) is 0 Å². The molecule has 2 aliphatic rings. The van der Waals surface area contributed by atoms with Gasteiger partial charge in [0.1, 0.15) is 22.0 Å². The number of sulfone groups is 1. The predicted molar refractivity (Wildman–Crippen MR) is 87.0 cm³/mol. The Morgan fingerprint density at radius 1 is 1.30 bits per heavy atom. The second-order valence-electron chi connectivity index (χ2n) is 6.33. The monoisotopic (exact) mass is 338 g/mol. The van der Waals surface area contributed by atoms with Gasteiger partial charge in [-0.25, -0.2) is 18.4 Å². The molecule has 1 fully saturated rings. The van der Waals surface area contributed by atoms with Crippen molar-refractivity contribution in [2.24, 2.45) is 0 Å². The number of carbonyl (C=O) groups excluding carboxylic acids is 1. The van der Waals surface area contributed by atoms with Gasteiger partial charge in [-0.15, -0.1) is 0 Å². The van der Waals surface area contributed by atoms with Crippen LogP contribution in [0.3, 0.4) is 0 Å². The van der Waals surface area contributed by atoms with E-state index in [0.717, 1.165) is 23.3 Å². The number of carbonyl (C=O) groups is 1. The minimum absolute atomic E-state index is 0.0496. The Balaban J connectivity index is 1.66. The predicted octanol–water partition coefficient (Wildman–Crippen LogP) is 0.413. The van der Waals surface area contributed by atoms with Crippen LogP contribution < -0.4 is 5.32 Å². The number of aromatic nitrogens is 2. The normalized spacial score (nSPS) is 18.2. The number of hydrogen-bond donors (Lipinski definition) is 1. The van der Waals surface area contributed by atoms with Gasteiger partial charge in [0.25, 0.3) is 0 Å². The molecule has 0 saturated heterocycles. The molecule has 126 valence electrons. The molecule has 1 saturated carbocycles. The molecule has 1 aliphatic carbocycles. The fourth-order valence-electron chi connectivity index (χ4n) is 2.75. The highest BCUT2D eigenvalue weighted by Gasteiger charge is 2.26. The fourth-order valence-corrected chi connectivity index (χ4v) is 3.30. The van der Waals surface area contributed by atoms with Gasteiger partial charge in [-0.1, -0.05) is 0 Å². The number of rotatable bonds is 5. The van der Waals surface area contributed by atoms with Crippen LogP contribution in [-0.4, -0.2) is 60.3 Å². The molecule has 7 nitrogen and oxygen atoms in total. The maximum absolute atomic E-state index is 12.2. The zero-order valence-corrected chi connectivity index (χ0v) is 14.1. The third kappa shape index (κ3) is 4.40. The summed E-state index contributed by atoms with van der Waals surface area (Å²) in [4.78, 5) is 22.7. The quantitative estimate of drug-likeness (QED) is 0.836. The lowest BCUT2D eigenvalue weighted by Gasteiger charge is -2.20. The van der Waals surface area contributed by atoms with E-state index in [4.69, 9.17) is 0 Å². The zero-order chi connectivity index (χ0) is 16.4. The van der Waals surface area contributed by atoms with Crippen LogP contribution >= 0.6 is 0 Å². The first-order valence-electron chi connectivity index (χ1n) is 7.97. The topological polar surface area (TPSA) is 92.3 Å². The fraction of sp³-hybridized carbons (Fsp3) is 0.667. The summed E-state index contributed by atoms with van der Waals surface area (Å²) in [6, 6.07) is 0.518. The first-order valence-corrected chi connectivity index (χ1v) is 10.0. The molecule has 0 aromatic carbocycles. The number of anilines is 1. The van der Waals surface area contributed by atoms with E-state index in [1.165, 1.54) is 12.8 Å². The van der Waals surface area contributed by atoms with Gasteiger partial charge in [0.05, 0.1) is 11.4 Å². The lowest BCUT2D eigenvalue weighted by molar-refractivity contribution is -0.130. The first kappa shape index (κ1) is 16.2. The first-order chi connectivity index (χ1) is 10.9. The molecule has 0 spiro atoms. The smallest absolute Gasteiger partial charge is 0.223 e. The summed E-state index contributed by atoms with van der Waals surface area (Å²) in [6.45, 7) is 1.16. The second-order valence-corrected chi connectivity index (χ2v) is 8.59. The van der Waals surface area contributed by atoms with Crippen molar-refractivity contribution in [3.8, 4) is 0 Å². The van der Waals surface area contributed by atoms with Crippen LogP contribution in [0.25, 0.3) is 0 Å². The average Bonchev–Trinajstić information content (AvgIpc) is 3.30. The zero-order valence-electron chi connectivity index (χ0n) is 13.3. The summed E-state index contributed by atoms with van der Waals surface area (Å²) < 4.78 is 22.4. The third-order valence-electron chi connectivity index (χ3n) is 4.24. The summed E-state index contributed by atoms with van der Waals surface area (Å²) in [5, 5.41) is 3.43. The summed E-state index contributed by atoms with van der Waals surface area (Å²) >= 11 is 0. The Kier molecular flexibility index (Phi) is 4.52. The molecule has 8 heteroatoms. The van der Waals surface area contributed by atoms with Crippen molar-refractivity contribution in [3.05, 3.63) is 17.6 Å². The number of nitrogens with one attached hydrogen (secondary N) is 1. The molecular weight excluding hydrogens is 316 g/mol. The van der Waals surface area contributed by atoms with Crippen LogP contribution in [0.2, 0.25) is 0 Å². The van der Waals surface area contributed by atoms with E-state index in [9.17, 15) is 13.2 Å². The van der Waals surface area contributed by atoms with E-state index in [-0.39, 0.29) is 18.1 Å². The molecule has 1 aliphatic heterocycles. The number of amides is 1. The minimum atomic E-state index is -3.11. The van der Waals surface area contributed by atoms with Gasteiger partial charge >= 0.3 is 0 Å². The molecule has 0 atom stereocenters. The minimum Gasteiger partial charge on any atom is -0.367 e. The van der Waals surface area contributed by atoms with E-state index >= 15 is 0 Å². The second kappa shape index (κ2) is 6.43. The van der Waals surface area contributed by atoms with Crippen LogP contribution in [0.4, 0.5) is 5.82 Å².